The van der Waals surface area contributed by atoms with Crippen LogP contribution in [0.15, 0.2) is 35.2 Å². The van der Waals surface area contributed by atoms with Crippen molar-refractivity contribution < 1.29 is 42.1 Å². The van der Waals surface area contributed by atoms with Crippen molar-refractivity contribution in [3.05, 3.63) is 40.1 Å². The molecule has 0 aromatic carbocycles. The van der Waals surface area contributed by atoms with Gasteiger partial charge in [-0.25, -0.2) is 18.0 Å². The van der Waals surface area contributed by atoms with Gasteiger partial charge in [0, 0.05) is 22.7 Å². The van der Waals surface area contributed by atoms with Crippen molar-refractivity contribution in [2.24, 2.45) is 28.6 Å². The van der Waals surface area contributed by atoms with Crippen LogP contribution >= 0.6 is 23.1 Å². The minimum atomic E-state index is -2.35. The van der Waals surface area contributed by atoms with E-state index in [9.17, 15) is 23.9 Å². The van der Waals surface area contributed by atoms with Crippen LogP contribution in [0, 0.1) is 28.6 Å². The molecule has 1 N–H and O–H groups in total. The number of carbonyl (C=O) groups is 3. The number of fused-ring (bicyclic) bond motifs is 5. The minimum Gasteiger partial charge on any atom is -0.492 e. The molecular formula is C29H33F3O6S2. The first-order chi connectivity index (χ1) is 18.8. The molecule has 218 valence electrons. The van der Waals surface area contributed by atoms with Crippen LogP contribution in [0.3, 0.4) is 0 Å². The summed E-state index contributed by atoms with van der Waals surface area (Å²) >= 11 is 1.44. The van der Waals surface area contributed by atoms with Gasteiger partial charge in [-0.1, -0.05) is 19.9 Å². The highest BCUT2D eigenvalue weighted by molar-refractivity contribution is 8.13. The van der Waals surface area contributed by atoms with Crippen LogP contribution in [0.1, 0.15) is 56.6 Å². The number of aliphatic hydroxyl groups is 1. The van der Waals surface area contributed by atoms with Crippen LogP contribution in [0.25, 0.3) is 0 Å². The number of aliphatic hydroxyl groups excluding tert-OH is 1. The summed E-state index contributed by atoms with van der Waals surface area (Å²) in [5.74, 6) is -3.43. The maximum Gasteiger partial charge on any atom is 0.353 e. The molecular weight excluding hydrogens is 565 g/mol. The molecule has 1 aromatic rings. The van der Waals surface area contributed by atoms with Gasteiger partial charge in [-0.3, -0.25) is 9.59 Å². The first kappa shape index (κ1) is 29.4. The average molecular weight is 599 g/mol. The molecule has 0 radical (unpaired) electrons. The van der Waals surface area contributed by atoms with Crippen LogP contribution in [0.4, 0.5) is 13.2 Å². The summed E-state index contributed by atoms with van der Waals surface area (Å²) in [5.41, 5.74) is -7.20. The summed E-state index contributed by atoms with van der Waals surface area (Å²) in [6.07, 6.45) is -0.0826. The molecule has 3 saturated carbocycles. The second-order valence-electron chi connectivity index (χ2n) is 11.7. The van der Waals surface area contributed by atoms with Crippen LogP contribution in [0.5, 0.6) is 5.75 Å². The number of thiophene rings is 1. The molecule has 6 nitrogen and oxygen atoms in total. The Morgan fingerprint density at radius 3 is 2.65 bits per heavy atom. The summed E-state index contributed by atoms with van der Waals surface area (Å²) < 4.78 is 58.5. The molecule has 1 aromatic heterocycles. The zero-order valence-electron chi connectivity index (χ0n) is 22.7. The number of ether oxygens (including phenoxy) is 2. The van der Waals surface area contributed by atoms with Crippen molar-refractivity contribution in [1.29, 1.82) is 0 Å². The topological polar surface area (TPSA) is 89.9 Å². The Morgan fingerprint density at radius 2 is 1.98 bits per heavy atom. The van der Waals surface area contributed by atoms with Gasteiger partial charge in [0.25, 0.3) is 0 Å². The van der Waals surface area contributed by atoms with E-state index in [1.807, 2.05) is 0 Å². The molecule has 5 rings (SSSR count). The highest BCUT2D eigenvalue weighted by Gasteiger charge is 2.78. The predicted molar refractivity (Wildman–Crippen MR) is 145 cm³/mol. The van der Waals surface area contributed by atoms with E-state index in [0.717, 1.165) is 17.4 Å². The molecule has 0 amide bonds. The van der Waals surface area contributed by atoms with E-state index in [2.05, 4.69) is 0 Å². The zero-order chi connectivity index (χ0) is 29.3. The van der Waals surface area contributed by atoms with Crippen LogP contribution in [-0.2, 0) is 14.3 Å². The van der Waals surface area contributed by atoms with Crippen molar-refractivity contribution in [2.75, 3.05) is 12.6 Å². The van der Waals surface area contributed by atoms with E-state index in [4.69, 9.17) is 9.47 Å². The Kier molecular flexibility index (Phi) is 7.36. The third-order valence-electron chi connectivity index (χ3n) is 10.0. The first-order valence-electron chi connectivity index (χ1n) is 13.4. The van der Waals surface area contributed by atoms with Gasteiger partial charge < -0.3 is 14.6 Å². The standard InChI is InChI=1S/C29H33F3O6S2/c1-5-37-21-7-9-39-23(21)24(35)38-29(25(36)40-14-30)15(2)10-17-18-12-20(31)19-11-16(33)6-8-26(19,3)28(18,32)22(34)13-27(17,29)4/h6-9,11,15,17-18,20,22,34H,5,10,12-14H2,1-4H3/t15-,17+,18+,20+,22+,26+,27+,28+,29+/m1/s1. The predicted octanol–water partition coefficient (Wildman–Crippen LogP) is 5.79. The second kappa shape index (κ2) is 10.0. The molecule has 0 saturated heterocycles. The number of hydrogen-bond acceptors (Lipinski definition) is 8. The number of thioether (sulfide) groups is 1. The maximum absolute atomic E-state index is 17.5. The van der Waals surface area contributed by atoms with E-state index >= 15 is 8.78 Å². The van der Waals surface area contributed by atoms with Gasteiger partial charge in [0.2, 0.25) is 5.12 Å². The molecule has 1 heterocycles. The van der Waals surface area contributed by atoms with Gasteiger partial charge in [-0.05, 0) is 80.0 Å². The third-order valence-corrected chi connectivity index (χ3v) is 11.6. The monoisotopic (exact) mass is 598 g/mol. The molecule has 0 aliphatic heterocycles. The first-order valence-corrected chi connectivity index (χ1v) is 15.3. The largest absolute Gasteiger partial charge is 0.492 e. The summed E-state index contributed by atoms with van der Waals surface area (Å²) in [6.45, 7) is 6.90. The molecule has 4 aliphatic carbocycles. The molecule has 40 heavy (non-hydrogen) atoms. The normalized spacial score (nSPS) is 42.0. The van der Waals surface area contributed by atoms with Crippen LogP contribution in [-0.4, -0.2) is 58.1 Å². The maximum atomic E-state index is 17.5. The quantitative estimate of drug-likeness (QED) is 0.415. The number of alkyl halides is 3. The zero-order valence-corrected chi connectivity index (χ0v) is 24.4. The SMILES string of the molecule is CCOc1ccsc1C(=O)O[C@]1(C(=O)SCF)[C@H](C)C[C@H]2[C@@H]3C[C@H](F)C4=CC(=O)C=C[C@]4(C)[C@@]3(F)[C@@H](O)C[C@@]21C. The third kappa shape index (κ3) is 3.75. The fourth-order valence-corrected chi connectivity index (χ4v) is 9.78. The number of esters is 1. The Labute approximate surface area is 239 Å². The van der Waals surface area contributed by atoms with Crippen molar-refractivity contribution >= 4 is 40.0 Å². The molecule has 11 heteroatoms. The second-order valence-corrected chi connectivity index (χ2v) is 13.5. The van der Waals surface area contributed by atoms with Crippen molar-refractivity contribution in [3.8, 4) is 5.75 Å². The van der Waals surface area contributed by atoms with Gasteiger partial charge >= 0.3 is 5.97 Å². The van der Waals surface area contributed by atoms with Crippen molar-refractivity contribution in [3.63, 3.8) is 0 Å². The van der Waals surface area contributed by atoms with E-state index in [1.54, 1.807) is 32.2 Å². The smallest absolute Gasteiger partial charge is 0.353 e. The number of halogens is 3. The molecule has 3 fully saturated rings. The van der Waals surface area contributed by atoms with E-state index in [1.165, 1.54) is 19.1 Å². The van der Waals surface area contributed by atoms with E-state index in [0.29, 0.717) is 18.4 Å². The number of ketones is 1. The van der Waals surface area contributed by atoms with Crippen molar-refractivity contribution in [1.82, 2.24) is 0 Å². The number of hydrogen-bond donors (Lipinski definition) is 1. The van der Waals surface area contributed by atoms with Crippen LogP contribution in [0.2, 0.25) is 0 Å². The lowest BCUT2D eigenvalue weighted by Crippen LogP contribution is -2.70. The van der Waals surface area contributed by atoms with Gasteiger partial charge in [-0.15, -0.1) is 11.3 Å². The van der Waals surface area contributed by atoms with Crippen LogP contribution < -0.4 is 4.74 Å². The molecule has 4 aliphatic rings. The van der Waals surface area contributed by atoms with Gasteiger partial charge in [0.05, 0.1) is 12.7 Å². The summed E-state index contributed by atoms with van der Waals surface area (Å²) in [7, 11) is 0. The fraction of sp³-hybridized carbons (Fsp3) is 0.621. The lowest BCUT2D eigenvalue weighted by molar-refractivity contribution is -0.221. The summed E-state index contributed by atoms with van der Waals surface area (Å²) in [5, 5.41) is 12.5. The minimum absolute atomic E-state index is 0.00431. The van der Waals surface area contributed by atoms with Gasteiger partial charge in [0.1, 0.15) is 17.9 Å². The molecule has 0 bridgehead atoms. The average Bonchev–Trinajstić information content (AvgIpc) is 3.44. The number of allylic oxidation sites excluding steroid dienone is 4. The van der Waals surface area contributed by atoms with E-state index < -0.39 is 75.0 Å². The van der Waals surface area contributed by atoms with E-state index in [-0.39, 0.29) is 35.5 Å². The Morgan fingerprint density at radius 1 is 1.25 bits per heavy atom. The molecule has 0 spiro atoms. The van der Waals surface area contributed by atoms with Gasteiger partial charge in [0.15, 0.2) is 21.9 Å². The van der Waals surface area contributed by atoms with Crippen molar-refractivity contribution in [2.45, 2.75) is 70.5 Å². The number of carbonyl (C=O) groups excluding carboxylic acids is 3. The molecule has 0 unspecified atom stereocenters. The fourth-order valence-electron chi connectivity index (χ4n) is 8.28. The van der Waals surface area contributed by atoms with Gasteiger partial charge in [-0.2, -0.15) is 0 Å². The summed E-state index contributed by atoms with van der Waals surface area (Å²) in [6, 6.07) is 0.545. The lowest BCUT2D eigenvalue weighted by atomic mass is 9.44. The lowest BCUT2D eigenvalue weighted by Gasteiger charge is -2.63. The Hall–Kier alpha value is -2.11. The molecule has 9 atom stereocenters. The highest BCUT2D eigenvalue weighted by Crippen LogP contribution is 2.72. The summed E-state index contributed by atoms with van der Waals surface area (Å²) in [4.78, 5) is 39.6. The number of rotatable bonds is 6. The highest BCUT2D eigenvalue weighted by atomic mass is 32.2. The Bertz CT molecular complexity index is 1300. The Balaban J connectivity index is 1.62.